The average molecular weight is 326 g/mol. The number of sulfonamides is 1. The zero-order valence-electron chi connectivity index (χ0n) is 11.0. The molecule has 0 saturated heterocycles. The van der Waals surface area contributed by atoms with Crippen LogP contribution in [0.3, 0.4) is 0 Å². The van der Waals surface area contributed by atoms with E-state index in [9.17, 15) is 8.42 Å². The fourth-order valence-corrected chi connectivity index (χ4v) is 4.03. The number of hydrogen-bond acceptors (Lipinski definition) is 6. The second-order valence-corrected chi connectivity index (χ2v) is 7.34. The van der Waals surface area contributed by atoms with Gasteiger partial charge >= 0.3 is 0 Å². The Kier molecular flexibility index (Phi) is 3.64. The van der Waals surface area contributed by atoms with E-state index in [-0.39, 0.29) is 4.21 Å². The first-order valence-corrected chi connectivity index (χ1v) is 8.67. The van der Waals surface area contributed by atoms with Crippen molar-refractivity contribution < 1.29 is 17.9 Å². The van der Waals surface area contributed by atoms with Crippen molar-refractivity contribution in [2.24, 2.45) is 0 Å². The van der Waals surface area contributed by atoms with Crippen molar-refractivity contribution in [3.05, 3.63) is 29.6 Å². The lowest BCUT2D eigenvalue weighted by molar-refractivity contribution is 0.297. The summed E-state index contributed by atoms with van der Waals surface area (Å²) in [7, 11) is -3.64. The van der Waals surface area contributed by atoms with E-state index in [4.69, 9.17) is 15.2 Å². The molecular formula is C13H14N2O4S2. The van der Waals surface area contributed by atoms with Gasteiger partial charge in [-0.1, -0.05) is 0 Å². The summed E-state index contributed by atoms with van der Waals surface area (Å²) < 4.78 is 38.2. The van der Waals surface area contributed by atoms with Gasteiger partial charge in [-0.05, 0) is 18.2 Å². The molecule has 0 amide bonds. The van der Waals surface area contributed by atoms with Crippen LogP contribution in [0.5, 0.6) is 11.5 Å². The van der Waals surface area contributed by atoms with Crippen LogP contribution in [0.2, 0.25) is 0 Å². The molecule has 1 aromatic heterocycles. The number of fused-ring (bicyclic) bond motifs is 1. The summed E-state index contributed by atoms with van der Waals surface area (Å²) in [5.41, 5.74) is 6.41. The maximum Gasteiger partial charge on any atom is 0.271 e. The molecule has 0 fully saturated rings. The summed E-state index contributed by atoms with van der Waals surface area (Å²) in [4.78, 5) is 0. The second-order valence-electron chi connectivity index (χ2n) is 4.52. The highest BCUT2D eigenvalue weighted by atomic mass is 32.2. The minimum Gasteiger partial charge on any atom is -0.490 e. The van der Waals surface area contributed by atoms with Crippen molar-refractivity contribution in [2.45, 2.75) is 10.6 Å². The SMILES string of the molecule is Nc1csc(S(=O)(=O)Nc2ccc3c(c2)OCCCO3)c1. The van der Waals surface area contributed by atoms with Crippen LogP contribution in [0, 0.1) is 0 Å². The second kappa shape index (κ2) is 5.45. The third kappa shape index (κ3) is 3.06. The Morgan fingerprint density at radius 3 is 2.62 bits per heavy atom. The van der Waals surface area contributed by atoms with Gasteiger partial charge in [0.15, 0.2) is 11.5 Å². The minimum absolute atomic E-state index is 0.173. The molecule has 0 spiro atoms. The van der Waals surface area contributed by atoms with E-state index < -0.39 is 10.0 Å². The van der Waals surface area contributed by atoms with Gasteiger partial charge in [-0.3, -0.25) is 4.72 Å². The molecule has 0 atom stereocenters. The number of benzene rings is 1. The number of hydrogen-bond donors (Lipinski definition) is 2. The van der Waals surface area contributed by atoms with E-state index in [0.717, 1.165) is 17.8 Å². The molecule has 0 aliphatic carbocycles. The van der Waals surface area contributed by atoms with Gasteiger partial charge in [0.05, 0.1) is 18.9 Å². The lowest BCUT2D eigenvalue weighted by Crippen LogP contribution is -2.11. The summed E-state index contributed by atoms with van der Waals surface area (Å²) in [6.07, 6.45) is 0.796. The monoisotopic (exact) mass is 326 g/mol. The van der Waals surface area contributed by atoms with E-state index in [1.807, 2.05) is 0 Å². The number of rotatable bonds is 3. The lowest BCUT2D eigenvalue weighted by atomic mass is 10.3. The van der Waals surface area contributed by atoms with E-state index >= 15 is 0 Å². The van der Waals surface area contributed by atoms with Crippen molar-refractivity contribution in [3.63, 3.8) is 0 Å². The van der Waals surface area contributed by atoms with E-state index in [2.05, 4.69) is 4.72 Å². The largest absolute Gasteiger partial charge is 0.490 e. The Balaban J connectivity index is 1.86. The van der Waals surface area contributed by atoms with Crippen molar-refractivity contribution in [1.82, 2.24) is 0 Å². The van der Waals surface area contributed by atoms with Crippen molar-refractivity contribution in [3.8, 4) is 11.5 Å². The van der Waals surface area contributed by atoms with Crippen LogP contribution >= 0.6 is 11.3 Å². The first-order valence-electron chi connectivity index (χ1n) is 6.31. The minimum atomic E-state index is -3.64. The normalized spacial score (nSPS) is 14.5. The molecule has 3 N–H and O–H groups in total. The molecule has 1 aliphatic rings. The van der Waals surface area contributed by atoms with E-state index in [1.165, 1.54) is 6.07 Å². The molecule has 0 saturated carbocycles. The predicted octanol–water partition coefficient (Wildman–Crippen LogP) is 2.29. The van der Waals surface area contributed by atoms with Crippen LogP contribution in [0.1, 0.15) is 6.42 Å². The standard InChI is InChI=1S/C13H14N2O4S2/c14-9-6-13(20-8-9)21(16,17)15-10-2-3-11-12(7-10)19-5-1-4-18-11/h2-3,6-8,15H,1,4-5,14H2. The number of nitrogens with one attached hydrogen (secondary N) is 1. The third-order valence-corrected chi connectivity index (χ3v) is 5.70. The molecular weight excluding hydrogens is 312 g/mol. The Hall–Kier alpha value is -1.93. The molecule has 2 heterocycles. The molecule has 21 heavy (non-hydrogen) atoms. The molecule has 0 bridgehead atoms. The van der Waals surface area contributed by atoms with Crippen molar-refractivity contribution in [1.29, 1.82) is 0 Å². The third-order valence-electron chi connectivity index (χ3n) is 2.86. The maximum absolute atomic E-state index is 12.2. The highest BCUT2D eigenvalue weighted by Crippen LogP contribution is 2.33. The van der Waals surface area contributed by atoms with Crippen LogP contribution in [0.4, 0.5) is 11.4 Å². The van der Waals surface area contributed by atoms with Crippen LogP contribution < -0.4 is 19.9 Å². The Bertz CT molecular complexity index is 755. The highest BCUT2D eigenvalue weighted by molar-refractivity contribution is 7.94. The van der Waals surface area contributed by atoms with Gasteiger partial charge in [0.2, 0.25) is 0 Å². The summed E-state index contributed by atoms with van der Waals surface area (Å²) >= 11 is 1.08. The zero-order valence-corrected chi connectivity index (χ0v) is 12.7. The molecule has 1 aliphatic heterocycles. The van der Waals surface area contributed by atoms with E-state index in [0.29, 0.717) is 36.1 Å². The number of ether oxygens (including phenoxy) is 2. The van der Waals surface area contributed by atoms with Gasteiger partial charge in [0.25, 0.3) is 10.0 Å². The van der Waals surface area contributed by atoms with Gasteiger partial charge in [-0.2, -0.15) is 0 Å². The molecule has 3 rings (SSSR count). The molecule has 0 radical (unpaired) electrons. The van der Waals surface area contributed by atoms with Crippen LogP contribution in [0.15, 0.2) is 33.9 Å². The molecule has 1 aromatic carbocycles. The zero-order chi connectivity index (χ0) is 14.9. The van der Waals surface area contributed by atoms with E-state index in [1.54, 1.807) is 23.6 Å². The summed E-state index contributed by atoms with van der Waals surface area (Å²) in [6, 6.07) is 6.38. The molecule has 0 unspecified atom stereocenters. The van der Waals surface area contributed by atoms with Gasteiger partial charge in [0.1, 0.15) is 4.21 Å². The Morgan fingerprint density at radius 2 is 1.90 bits per heavy atom. The van der Waals surface area contributed by atoms with Crippen molar-refractivity contribution >= 4 is 32.7 Å². The number of nitrogens with two attached hydrogens (primary N) is 1. The summed E-state index contributed by atoms with van der Waals surface area (Å²) in [5, 5.41) is 1.59. The fraction of sp³-hybridized carbons (Fsp3) is 0.231. The predicted molar refractivity (Wildman–Crippen MR) is 81.6 cm³/mol. The molecule has 8 heteroatoms. The topological polar surface area (TPSA) is 90.7 Å². The Labute approximate surface area is 126 Å². The summed E-state index contributed by atoms with van der Waals surface area (Å²) in [5.74, 6) is 1.16. The number of nitrogen functional groups attached to an aromatic ring is 1. The maximum atomic E-state index is 12.2. The van der Waals surface area contributed by atoms with Gasteiger partial charge in [-0.25, -0.2) is 8.42 Å². The van der Waals surface area contributed by atoms with Crippen LogP contribution in [0.25, 0.3) is 0 Å². The van der Waals surface area contributed by atoms with Crippen LogP contribution in [-0.2, 0) is 10.0 Å². The molecule has 6 nitrogen and oxygen atoms in total. The average Bonchev–Trinajstić information content (AvgIpc) is 2.75. The first-order chi connectivity index (χ1) is 10.0. The molecule has 112 valence electrons. The Morgan fingerprint density at radius 1 is 1.14 bits per heavy atom. The lowest BCUT2D eigenvalue weighted by Gasteiger charge is -2.10. The first kappa shape index (κ1) is 14.0. The van der Waals surface area contributed by atoms with Gasteiger partial charge < -0.3 is 15.2 Å². The van der Waals surface area contributed by atoms with Gasteiger partial charge in [-0.15, -0.1) is 11.3 Å². The van der Waals surface area contributed by atoms with Crippen LogP contribution in [-0.4, -0.2) is 21.6 Å². The number of anilines is 2. The summed E-state index contributed by atoms with van der Waals surface area (Å²) in [6.45, 7) is 1.14. The molecule has 2 aromatic rings. The fourth-order valence-electron chi connectivity index (χ4n) is 1.90. The van der Waals surface area contributed by atoms with Crippen molar-refractivity contribution in [2.75, 3.05) is 23.7 Å². The quantitative estimate of drug-likeness (QED) is 0.903. The number of thiophene rings is 1. The van der Waals surface area contributed by atoms with Gasteiger partial charge in [0, 0.05) is 23.6 Å². The highest BCUT2D eigenvalue weighted by Gasteiger charge is 2.18. The smallest absolute Gasteiger partial charge is 0.271 e.